The molecule has 1 heterocycles. The van der Waals surface area contributed by atoms with E-state index in [1.807, 2.05) is 16.6 Å². The highest BCUT2D eigenvalue weighted by Gasteiger charge is 2.17. The Labute approximate surface area is 84.4 Å². The molecule has 13 heavy (non-hydrogen) atoms. The van der Waals surface area contributed by atoms with Gasteiger partial charge in [-0.2, -0.15) is 0 Å². The first-order valence-electron chi connectivity index (χ1n) is 4.72. The van der Waals surface area contributed by atoms with Gasteiger partial charge in [0.05, 0.1) is 0 Å². The van der Waals surface area contributed by atoms with Crippen molar-refractivity contribution < 1.29 is 4.79 Å². The number of carbonyl (C=O) groups is 1. The molecule has 1 fully saturated rings. The smallest absolute Gasteiger partial charge is 0.247 e. The van der Waals surface area contributed by atoms with Crippen molar-refractivity contribution in [1.82, 2.24) is 4.90 Å². The van der Waals surface area contributed by atoms with Gasteiger partial charge in [-0.1, -0.05) is 6.92 Å². The van der Waals surface area contributed by atoms with Gasteiger partial charge in [-0.05, 0) is 30.4 Å². The maximum atomic E-state index is 11.5. The second-order valence-electron chi connectivity index (χ2n) is 3.55. The maximum absolute atomic E-state index is 11.5. The van der Waals surface area contributed by atoms with Gasteiger partial charge in [0, 0.05) is 19.2 Å². The van der Waals surface area contributed by atoms with Crippen molar-refractivity contribution in [1.29, 1.82) is 0 Å². The number of hydrogen-bond donors (Lipinski definition) is 0. The summed E-state index contributed by atoms with van der Waals surface area (Å²) >= 11 is 1.57. The molecule has 0 atom stereocenters. The lowest BCUT2D eigenvalue weighted by molar-refractivity contribution is -0.127. The van der Waals surface area contributed by atoms with E-state index < -0.39 is 0 Å². The van der Waals surface area contributed by atoms with Crippen LogP contribution in [-0.4, -0.2) is 30.2 Å². The van der Waals surface area contributed by atoms with Gasteiger partial charge in [-0.3, -0.25) is 4.79 Å². The van der Waals surface area contributed by atoms with E-state index in [9.17, 15) is 4.79 Å². The Morgan fingerprint density at radius 3 is 2.62 bits per heavy atom. The number of rotatable bonds is 2. The zero-order valence-electron chi connectivity index (χ0n) is 8.32. The second-order valence-corrected chi connectivity index (χ2v) is 4.29. The number of likely N-dealkylation sites (tertiary alicyclic amines) is 1. The number of piperidine rings is 1. The molecule has 1 amide bonds. The standard InChI is InChI=1S/C10H17NOS/c1-9-3-6-11(7-4-9)10(12)5-8-13-2/h5,8-9H,3-4,6-7H2,1-2H3/b8-5+. The monoisotopic (exact) mass is 199 g/mol. The molecule has 0 saturated carbocycles. The number of nitrogens with zero attached hydrogens (tertiary/aromatic N) is 1. The van der Waals surface area contributed by atoms with Gasteiger partial charge in [0.2, 0.25) is 5.91 Å². The molecule has 2 nitrogen and oxygen atoms in total. The minimum absolute atomic E-state index is 0.168. The lowest BCUT2D eigenvalue weighted by atomic mass is 9.99. The summed E-state index contributed by atoms with van der Waals surface area (Å²) in [4.78, 5) is 13.4. The lowest BCUT2D eigenvalue weighted by Gasteiger charge is -2.29. The van der Waals surface area contributed by atoms with Crippen molar-refractivity contribution in [2.45, 2.75) is 19.8 Å². The first kappa shape index (κ1) is 10.6. The summed E-state index contributed by atoms with van der Waals surface area (Å²) in [6.45, 7) is 4.11. The zero-order valence-corrected chi connectivity index (χ0v) is 9.14. The van der Waals surface area contributed by atoms with Crippen molar-refractivity contribution in [2.75, 3.05) is 19.3 Å². The Kier molecular flexibility index (Phi) is 4.36. The maximum Gasteiger partial charge on any atom is 0.247 e. The van der Waals surface area contributed by atoms with Gasteiger partial charge in [-0.15, -0.1) is 11.8 Å². The Hall–Kier alpha value is -0.440. The first-order chi connectivity index (χ1) is 6.24. The second kappa shape index (κ2) is 5.32. The average molecular weight is 199 g/mol. The Balaban J connectivity index is 2.36. The molecule has 0 unspecified atom stereocenters. The molecule has 0 bridgehead atoms. The van der Waals surface area contributed by atoms with Crippen LogP contribution >= 0.6 is 11.8 Å². The molecule has 0 aromatic carbocycles. The predicted octanol–water partition coefficient (Wildman–Crippen LogP) is 2.12. The Morgan fingerprint density at radius 2 is 2.08 bits per heavy atom. The van der Waals surface area contributed by atoms with Crippen molar-refractivity contribution >= 4 is 17.7 Å². The van der Waals surface area contributed by atoms with Crippen LogP contribution in [0.25, 0.3) is 0 Å². The van der Waals surface area contributed by atoms with Gasteiger partial charge < -0.3 is 4.90 Å². The van der Waals surface area contributed by atoms with Crippen LogP contribution in [0.5, 0.6) is 0 Å². The molecular formula is C10H17NOS. The molecule has 1 rings (SSSR count). The van der Waals surface area contributed by atoms with Gasteiger partial charge in [0.1, 0.15) is 0 Å². The zero-order chi connectivity index (χ0) is 9.68. The van der Waals surface area contributed by atoms with Gasteiger partial charge in [0.15, 0.2) is 0 Å². The van der Waals surface area contributed by atoms with E-state index in [1.54, 1.807) is 17.8 Å². The third-order valence-electron chi connectivity index (χ3n) is 2.44. The summed E-state index contributed by atoms with van der Waals surface area (Å²) in [5.41, 5.74) is 0. The molecule has 0 aromatic heterocycles. The van der Waals surface area contributed by atoms with Crippen LogP contribution in [0.15, 0.2) is 11.5 Å². The topological polar surface area (TPSA) is 20.3 Å². The van der Waals surface area contributed by atoms with Crippen LogP contribution in [-0.2, 0) is 4.79 Å². The molecule has 1 aliphatic rings. The molecule has 1 aliphatic heterocycles. The third kappa shape index (κ3) is 3.43. The van der Waals surface area contributed by atoms with E-state index in [-0.39, 0.29) is 5.91 Å². The van der Waals surface area contributed by atoms with E-state index in [2.05, 4.69) is 6.92 Å². The Bertz CT molecular complexity index is 195. The van der Waals surface area contributed by atoms with Crippen LogP contribution in [0.3, 0.4) is 0 Å². The highest BCUT2D eigenvalue weighted by atomic mass is 32.2. The summed E-state index contributed by atoms with van der Waals surface area (Å²) in [6, 6.07) is 0. The van der Waals surface area contributed by atoms with Gasteiger partial charge >= 0.3 is 0 Å². The van der Waals surface area contributed by atoms with Crippen LogP contribution < -0.4 is 0 Å². The fourth-order valence-electron chi connectivity index (χ4n) is 1.46. The van der Waals surface area contributed by atoms with Crippen molar-refractivity contribution in [2.24, 2.45) is 5.92 Å². The molecule has 1 saturated heterocycles. The quantitative estimate of drug-likeness (QED) is 0.635. The van der Waals surface area contributed by atoms with Crippen LogP contribution in [0.1, 0.15) is 19.8 Å². The van der Waals surface area contributed by atoms with E-state index in [0.29, 0.717) is 0 Å². The van der Waals surface area contributed by atoms with Crippen molar-refractivity contribution in [3.05, 3.63) is 11.5 Å². The molecule has 0 aromatic rings. The fourth-order valence-corrected chi connectivity index (χ4v) is 1.71. The molecule has 0 N–H and O–H groups in total. The molecular weight excluding hydrogens is 182 g/mol. The summed E-state index contributed by atoms with van der Waals surface area (Å²) in [5, 5.41) is 1.85. The fraction of sp³-hybridized carbons (Fsp3) is 0.700. The largest absolute Gasteiger partial charge is 0.339 e. The molecule has 0 spiro atoms. The summed E-state index contributed by atoms with van der Waals surface area (Å²) in [5.74, 6) is 0.954. The number of amides is 1. The first-order valence-corrected chi connectivity index (χ1v) is 6.01. The minimum Gasteiger partial charge on any atom is -0.339 e. The predicted molar refractivity (Wildman–Crippen MR) is 57.6 cm³/mol. The van der Waals surface area contributed by atoms with Crippen molar-refractivity contribution in [3.63, 3.8) is 0 Å². The van der Waals surface area contributed by atoms with E-state index in [1.165, 1.54) is 0 Å². The van der Waals surface area contributed by atoms with E-state index in [0.717, 1.165) is 31.8 Å². The lowest BCUT2D eigenvalue weighted by Crippen LogP contribution is -2.36. The summed E-state index contributed by atoms with van der Waals surface area (Å²) < 4.78 is 0. The number of thioether (sulfide) groups is 1. The SMILES string of the molecule is CS/C=C/C(=O)N1CCC(C)CC1. The number of carbonyl (C=O) groups excluding carboxylic acids is 1. The van der Waals surface area contributed by atoms with Crippen LogP contribution in [0.4, 0.5) is 0 Å². The van der Waals surface area contributed by atoms with Crippen LogP contribution in [0, 0.1) is 5.92 Å². The highest BCUT2D eigenvalue weighted by molar-refractivity contribution is 8.01. The average Bonchev–Trinajstić information content (AvgIpc) is 2.15. The molecule has 74 valence electrons. The van der Waals surface area contributed by atoms with E-state index in [4.69, 9.17) is 0 Å². The van der Waals surface area contributed by atoms with Gasteiger partial charge in [-0.25, -0.2) is 0 Å². The molecule has 0 radical (unpaired) electrons. The highest BCUT2D eigenvalue weighted by Crippen LogP contribution is 2.16. The third-order valence-corrected chi connectivity index (χ3v) is 2.85. The minimum atomic E-state index is 0.168. The normalized spacial score (nSPS) is 19.7. The van der Waals surface area contributed by atoms with E-state index >= 15 is 0 Å². The van der Waals surface area contributed by atoms with Gasteiger partial charge in [0.25, 0.3) is 0 Å². The molecule has 0 aliphatic carbocycles. The van der Waals surface area contributed by atoms with Crippen LogP contribution in [0.2, 0.25) is 0 Å². The summed E-state index contributed by atoms with van der Waals surface area (Å²) in [7, 11) is 0. The summed E-state index contributed by atoms with van der Waals surface area (Å²) in [6.07, 6.45) is 5.93. The number of hydrogen-bond acceptors (Lipinski definition) is 2. The molecule has 3 heteroatoms. The van der Waals surface area contributed by atoms with Crippen molar-refractivity contribution in [3.8, 4) is 0 Å². The Morgan fingerprint density at radius 1 is 1.46 bits per heavy atom.